The van der Waals surface area contributed by atoms with E-state index in [9.17, 15) is 9.59 Å². The van der Waals surface area contributed by atoms with E-state index in [4.69, 9.17) is 0 Å². The third kappa shape index (κ3) is 2.94. The molecule has 2 aliphatic heterocycles. The SMILES string of the molecule is Cc1c(C(=O)NC2CC3CCC(C2)N3)c(=O)[nH]c2ccccc12.Cl. The van der Waals surface area contributed by atoms with Crippen molar-refractivity contribution in [3.05, 3.63) is 45.7 Å². The highest BCUT2D eigenvalue weighted by atomic mass is 35.5. The van der Waals surface area contributed by atoms with Gasteiger partial charge in [-0.05, 0) is 44.2 Å². The van der Waals surface area contributed by atoms with Crippen LogP contribution in [0, 0.1) is 6.92 Å². The number of halogens is 1. The maximum Gasteiger partial charge on any atom is 0.261 e. The van der Waals surface area contributed by atoms with Gasteiger partial charge in [0.2, 0.25) is 0 Å². The molecule has 1 aromatic carbocycles. The van der Waals surface area contributed by atoms with Crippen LogP contribution >= 0.6 is 12.4 Å². The van der Waals surface area contributed by atoms with Crippen LogP contribution in [0.5, 0.6) is 0 Å². The number of carbonyl (C=O) groups is 1. The molecule has 2 fully saturated rings. The fraction of sp³-hybridized carbons (Fsp3) is 0.444. The predicted molar refractivity (Wildman–Crippen MR) is 97.0 cm³/mol. The van der Waals surface area contributed by atoms with Crippen molar-refractivity contribution in [3.63, 3.8) is 0 Å². The Morgan fingerprint density at radius 1 is 1.17 bits per heavy atom. The number of amides is 1. The van der Waals surface area contributed by atoms with Crippen molar-refractivity contribution < 1.29 is 4.79 Å². The van der Waals surface area contributed by atoms with Gasteiger partial charge in [0.05, 0.1) is 0 Å². The van der Waals surface area contributed by atoms with Gasteiger partial charge in [-0.25, -0.2) is 0 Å². The van der Waals surface area contributed by atoms with Gasteiger partial charge in [-0.3, -0.25) is 9.59 Å². The summed E-state index contributed by atoms with van der Waals surface area (Å²) in [7, 11) is 0. The smallest absolute Gasteiger partial charge is 0.261 e. The highest BCUT2D eigenvalue weighted by molar-refractivity contribution is 6.00. The number of hydrogen-bond acceptors (Lipinski definition) is 3. The van der Waals surface area contributed by atoms with E-state index < -0.39 is 0 Å². The Bertz CT molecular complexity index is 821. The number of aromatic nitrogens is 1. The van der Waals surface area contributed by atoms with Crippen molar-refractivity contribution >= 4 is 29.2 Å². The maximum absolute atomic E-state index is 12.7. The molecule has 0 aliphatic carbocycles. The van der Waals surface area contributed by atoms with Crippen molar-refractivity contribution in [1.29, 1.82) is 0 Å². The number of para-hydroxylation sites is 1. The van der Waals surface area contributed by atoms with E-state index in [1.54, 1.807) is 0 Å². The number of rotatable bonds is 2. The average Bonchev–Trinajstić information content (AvgIpc) is 2.86. The minimum Gasteiger partial charge on any atom is -0.349 e. The van der Waals surface area contributed by atoms with Gasteiger partial charge >= 0.3 is 0 Å². The Labute approximate surface area is 146 Å². The summed E-state index contributed by atoms with van der Waals surface area (Å²) in [5, 5.41) is 7.56. The summed E-state index contributed by atoms with van der Waals surface area (Å²) in [6.45, 7) is 1.85. The second-order valence-electron chi connectivity index (χ2n) is 6.78. The number of pyridine rings is 1. The van der Waals surface area contributed by atoms with E-state index in [2.05, 4.69) is 15.6 Å². The molecule has 4 rings (SSSR count). The molecule has 0 radical (unpaired) electrons. The first kappa shape index (κ1) is 17.0. The van der Waals surface area contributed by atoms with Crippen LogP contribution in [-0.2, 0) is 0 Å². The number of nitrogens with one attached hydrogen (secondary N) is 3. The van der Waals surface area contributed by atoms with Crippen molar-refractivity contribution in [2.24, 2.45) is 0 Å². The van der Waals surface area contributed by atoms with Crippen molar-refractivity contribution in [3.8, 4) is 0 Å². The van der Waals surface area contributed by atoms with Gasteiger partial charge in [0.25, 0.3) is 11.5 Å². The highest BCUT2D eigenvalue weighted by Gasteiger charge is 2.34. The molecule has 3 heterocycles. The molecule has 2 aliphatic rings. The molecule has 3 N–H and O–H groups in total. The second kappa shape index (κ2) is 6.57. The zero-order valence-electron chi connectivity index (χ0n) is 13.6. The predicted octanol–water partition coefficient (Wildman–Crippen LogP) is 2.27. The summed E-state index contributed by atoms with van der Waals surface area (Å²) in [4.78, 5) is 27.8. The number of piperidine rings is 1. The van der Waals surface area contributed by atoms with Crippen LogP contribution in [0.25, 0.3) is 10.9 Å². The molecule has 1 aromatic heterocycles. The summed E-state index contributed by atoms with van der Waals surface area (Å²) in [5.74, 6) is -0.249. The summed E-state index contributed by atoms with van der Waals surface area (Å²) in [5.41, 5.74) is 1.45. The second-order valence-corrected chi connectivity index (χ2v) is 6.78. The van der Waals surface area contributed by atoms with Crippen molar-refractivity contribution in [1.82, 2.24) is 15.6 Å². The summed E-state index contributed by atoms with van der Waals surface area (Å²) >= 11 is 0. The van der Waals surface area contributed by atoms with Crippen molar-refractivity contribution in [2.45, 2.75) is 50.7 Å². The van der Waals surface area contributed by atoms with Crippen LogP contribution in [0.3, 0.4) is 0 Å². The van der Waals surface area contributed by atoms with Crippen LogP contribution in [-0.4, -0.2) is 29.0 Å². The third-order valence-electron chi connectivity index (χ3n) is 5.22. The molecule has 2 bridgehead atoms. The van der Waals surface area contributed by atoms with E-state index in [1.165, 1.54) is 12.8 Å². The number of aromatic amines is 1. The Morgan fingerprint density at radius 3 is 2.54 bits per heavy atom. The van der Waals surface area contributed by atoms with E-state index in [0.29, 0.717) is 12.1 Å². The lowest BCUT2D eigenvalue weighted by molar-refractivity contribution is 0.0922. The van der Waals surface area contributed by atoms with Gasteiger partial charge in [-0.1, -0.05) is 18.2 Å². The van der Waals surface area contributed by atoms with Crippen LogP contribution in [0.4, 0.5) is 0 Å². The zero-order chi connectivity index (χ0) is 16.0. The van der Waals surface area contributed by atoms with Gasteiger partial charge in [0.15, 0.2) is 0 Å². The topological polar surface area (TPSA) is 74.0 Å². The molecule has 6 heteroatoms. The van der Waals surface area contributed by atoms with Crippen LogP contribution in [0.15, 0.2) is 29.1 Å². The first-order chi connectivity index (χ1) is 11.1. The lowest BCUT2D eigenvalue weighted by Crippen LogP contribution is -2.48. The lowest BCUT2D eigenvalue weighted by atomic mass is 9.98. The van der Waals surface area contributed by atoms with Gasteiger partial charge in [-0.2, -0.15) is 0 Å². The number of aryl methyl sites for hydroxylation is 1. The zero-order valence-corrected chi connectivity index (χ0v) is 14.4. The number of hydrogen-bond donors (Lipinski definition) is 3. The third-order valence-corrected chi connectivity index (χ3v) is 5.22. The average molecular weight is 348 g/mol. The van der Waals surface area contributed by atoms with Gasteiger partial charge in [0.1, 0.15) is 5.56 Å². The molecule has 1 amide bonds. The van der Waals surface area contributed by atoms with Crippen LogP contribution in [0.2, 0.25) is 0 Å². The van der Waals surface area contributed by atoms with E-state index in [1.807, 2.05) is 31.2 Å². The lowest BCUT2D eigenvalue weighted by Gasteiger charge is -2.29. The normalized spacial score (nSPS) is 25.3. The number of fused-ring (bicyclic) bond motifs is 3. The van der Waals surface area contributed by atoms with Crippen molar-refractivity contribution in [2.75, 3.05) is 0 Å². The van der Waals surface area contributed by atoms with E-state index in [0.717, 1.165) is 29.3 Å². The number of H-pyrrole nitrogens is 1. The van der Waals surface area contributed by atoms with Gasteiger partial charge < -0.3 is 15.6 Å². The monoisotopic (exact) mass is 347 g/mol. The van der Waals surface area contributed by atoms with Gasteiger partial charge in [-0.15, -0.1) is 12.4 Å². The molecule has 5 nitrogen and oxygen atoms in total. The maximum atomic E-state index is 12.7. The molecular weight excluding hydrogens is 326 g/mol. The molecule has 2 unspecified atom stereocenters. The quantitative estimate of drug-likeness (QED) is 0.780. The molecular formula is C18H22ClN3O2. The standard InChI is InChI=1S/C18H21N3O2.ClH/c1-10-14-4-2-3-5-15(14)21-18(23)16(10)17(22)20-13-8-11-6-7-12(9-13)19-11;/h2-5,11-13,19H,6-9H2,1H3,(H,20,22)(H,21,23);1H. The fourth-order valence-corrected chi connectivity index (χ4v) is 4.11. The largest absolute Gasteiger partial charge is 0.349 e. The summed E-state index contributed by atoms with van der Waals surface area (Å²) < 4.78 is 0. The molecule has 2 saturated heterocycles. The molecule has 24 heavy (non-hydrogen) atoms. The van der Waals surface area contributed by atoms with Crippen LogP contribution in [0.1, 0.15) is 41.6 Å². The van der Waals surface area contributed by atoms with E-state index in [-0.39, 0.29) is 35.5 Å². The first-order valence-corrected chi connectivity index (χ1v) is 8.30. The minimum atomic E-state index is -0.310. The number of carbonyl (C=O) groups excluding carboxylic acids is 1. The fourth-order valence-electron chi connectivity index (χ4n) is 4.11. The Balaban J connectivity index is 0.00000169. The Hall–Kier alpha value is -1.85. The first-order valence-electron chi connectivity index (χ1n) is 8.30. The summed E-state index contributed by atoms with van der Waals surface area (Å²) in [6.07, 6.45) is 4.28. The van der Waals surface area contributed by atoms with E-state index >= 15 is 0 Å². The van der Waals surface area contributed by atoms with Gasteiger partial charge in [0, 0.05) is 29.0 Å². The molecule has 0 spiro atoms. The molecule has 2 atom stereocenters. The Kier molecular flexibility index (Phi) is 4.65. The highest BCUT2D eigenvalue weighted by Crippen LogP contribution is 2.27. The molecule has 0 saturated carbocycles. The summed E-state index contributed by atoms with van der Waals surface area (Å²) in [6, 6.07) is 8.76. The molecule has 2 aromatic rings. The minimum absolute atomic E-state index is 0. The molecule has 128 valence electrons. The Morgan fingerprint density at radius 2 is 1.83 bits per heavy atom. The van der Waals surface area contributed by atoms with Crippen LogP contribution < -0.4 is 16.2 Å². The number of benzene rings is 1.